The van der Waals surface area contributed by atoms with Crippen molar-refractivity contribution in [3.63, 3.8) is 0 Å². The van der Waals surface area contributed by atoms with Crippen molar-refractivity contribution < 1.29 is 0 Å². The molecule has 0 fully saturated rings. The second-order valence-electron chi connectivity index (χ2n) is 3.09. The quantitative estimate of drug-likeness (QED) is 0.659. The molecule has 0 N–H and O–H groups in total. The van der Waals surface area contributed by atoms with E-state index in [0.717, 1.165) is 11.4 Å². The van der Waals surface area contributed by atoms with Gasteiger partial charge in [0.2, 0.25) is 0 Å². The Balaban J connectivity index is 2.52. The lowest BCUT2D eigenvalue weighted by molar-refractivity contribution is 0.796. The summed E-state index contributed by atoms with van der Waals surface area (Å²) < 4.78 is 1.80. The van der Waals surface area contributed by atoms with Gasteiger partial charge in [0, 0.05) is 0 Å². The van der Waals surface area contributed by atoms with Crippen molar-refractivity contribution in [2.45, 2.75) is 13.8 Å². The second kappa shape index (κ2) is 3.01. The van der Waals surface area contributed by atoms with Crippen LogP contribution in [0.4, 0.5) is 0 Å². The van der Waals surface area contributed by atoms with Crippen molar-refractivity contribution in [2.75, 3.05) is 0 Å². The number of rotatable bonds is 1. The monoisotopic (exact) mass is 173 g/mol. The van der Waals surface area contributed by atoms with E-state index in [2.05, 4.69) is 23.3 Å². The zero-order valence-corrected chi connectivity index (χ0v) is 7.73. The molecule has 0 saturated carbocycles. The normalized spacial score (nSPS) is 10.3. The average molecular weight is 173 g/mol. The Morgan fingerprint density at radius 2 is 1.92 bits per heavy atom. The first-order valence-electron chi connectivity index (χ1n) is 4.22. The number of aryl methyl sites for hydroxylation is 2. The highest BCUT2D eigenvalue weighted by Gasteiger charge is 2.00. The zero-order valence-electron chi connectivity index (χ0n) is 7.73. The van der Waals surface area contributed by atoms with Crippen LogP contribution in [-0.4, -0.2) is 15.0 Å². The van der Waals surface area contributed by atoms with Crippen LogP contribution in [0.2, 0.25) is 0 Å². The lowest BCUT2D eigenvalue weighted by atomic mass is 10.2. The van der Waals surface area contributed by atoms with Crippen molar-refractivity contribution in [3.8, 4) is 5.69 Å². The van der Waals surface area contributed by atoms with Crippen molar-refractivity contribution >= 4 is 0 Å². The Bertz CT molecular complexity index is 418. The summed E-state index contributed by atoms with van der Waals surface area (Å²) in [5, 5.41) is 7.96. The molecule has 0 amide bonds. The SMILES string of the molecule is Cc1cn(-c2ccccc2C)nn1. The first kappa shape index (κ1) is 7.98. The van der Waals surface area contributed by atoms with Crippen LogP contribution in [0.3, 0.4) is 0 Å². The largest absolute Gasteiger partial charge is 0.220 e. The van der Waals surface area contributed by atoms with Gasteiger partial charge in [-0.15, -0.1) is 5.10 Å². The van der Waals surface area contributed by atoms with Crippen LogP contribution in [0, 0.1) is 13.8 Å². The average Bonchev–Trinajstić information content (AvgIpc) is 2.53. The number of hydrogen-bond acceptors (Lipinski definition) is 2. The Labute approximate surface area is 77.0 Å². The predicted octanol–water partition coefficient (Wildman–Crippen LogP) is 1.88. The highest BCUT2D eigenvalue weighted by molar-refractivity contribution is 5.38. The second-order valence-corrected chi connectivity index (χ2v) is 3.09. The minimum atomic E-state index is 0.934. The summed E-state index contributed by atoms with van der Waals surface area (Å²) in [5.41, 5.74) is 3.22. The van der Waals surface area contributed by atoms with Gasteiger partial charge in [0.05, 0.1) is 17.6 Å². The van der Waals surface area contributed by atoms with Gasteiger partial charge in [-0.1, -0.05) is 23.4 Å². The number of hydrogen-bond donors (Lipinski definition) is 0. The predicted molar refractivity (Wildman–Crippen MR) is 50.8 cm³/mol. The van der Waals surface area contributed by atoms with Crippen LogP contribution in [0.15, 0.2) is 30.5 Å². The Hall–Kier alpha value is -1.64. The third-order valence-corrected chi connectivity index (χ3v) is 1.97. The Morgan fingerprint density at radius 3 is 2.54 bits per heavy atom. The van der Waals surface area contributed by atoms with Crippen molar-refractivity contribution in [2.24, 2.45) is 0 Å². The van der Waals surface area contributed by atoms with Gasteiger partial charge in [0.15, 0.2) is 0 Å². The molecule has 0 saturated heterocycles. The molecule has 0 radical (unpaired) electrons. The summed E-state index contributed by atoms with van der Waals surface area (Å²) >= 11 is 0. The fourth-order valence-corrected chi connectivity index (χ4v) is 1.29. The van der Waals surface area contributed by atoms with Crippen molar-refractivity contribution in [1.29, 1.82) is 0 Å². The summed E-state index contributed by atoms with van der Waals surface area (Å²) in [6.45, 7) is 3.99. The number of nitrogens with zero attached hydrogens (tertiary/aromatic N) is 3. The van der Waals surface area contributed by atoms with E-state index in [-0.39, 0.29) is 0 Å². The van der Waals surface area contributed by atoms with Crippen molar-refractivity contribution in [3.05, 3.63) is 41.7 Å². The summed E-state index contributed by atoms with van der Waals surface area (Å²) in [6.07, 6.45) is 1.92. The van der Waals surface area contributed by atoms with Gasteiger partial charge < -0.3 is 0 Å². The van der Waals surface area contributed by atoms with E-state index in [4.69, 9.17) is 0 Å². The molecule has 0 aliphatic rings. The lowest BCUT2D eigenvalue weighted by Gasteiger charge is -2.02. The van der Waals surface area contributed by atoms with Gasteiger partial charge >= 0.3 is 0 Å². The summed E-state index contributed by atoms with van der Waals surface area (Å²) in [4.78, 5) is 0. The van der Waals surface area contributed by atoms with E-state index in [1.807, 2.05) is 31.3 Å². The first-order valence-corrected chi connectivity index (χ1v) is 4.22. The third-order valence-electron chi connectivity index (χ3n) is 1.97. The zero-order chi connectivity index (χ0) is 9.26. The smallest absolute Gasteiger partial charge is 0.0800 e. The van der Waals surface area contributed by atoms with E-state index in [0.29, 0.717) is 0 Å². The topological polar surface area (TPSA) is 30.7 Å². The van der Waals surface area contributed by atoms with Gasteiger partial charge in [0.1, 0.15) is 0 Å². The van der Waals surface area contributed by atoms with Crippen LogP contribution < -0.4 is 0 Å². The molecule has 3 heteroatoms. The maximum atomic E-state index is 4.01. The molecule has 0 spiro atoms. The molecule has 0 aliphatic heterocycles. The summed E-state index contributed by atoms with van der Waals surface area (Å²) in [5.74, 6) is 0. The fraction of sp³-hybridized carbons (Fsp3) is 0.200. The molecule has 1 aromatic carbocycles. The summed E-state index contributed by atoms with van der Waals surface area (Å²) in [7, 11) is 0. The molecule has 0 aliphatic carbocycles. The van der Waals surface area contributed by atoms with Crippen LogP contribution in [0.25, 0.3) is 5.69 Å². The maximum Gasteiger partial charge on any atom is 0.0800 e. The number of benzene rings is 1. The van der Waals surface area contributed by atoms with E-state index in [1.165, 1.54) is 5.56 Å². The molecule has 0 bridgehead atoms. The van der Waals surface area contributed by atoms with Crippen LogP contribution in [0.1, 0.15) is 11.3 Å². The molecule has 13 heavy (non-hydrogen) atoms. The minimum absolute atomic E-state index is 0.934. The van der Waals surface area contributed by atoms with Gasteiger partial charge in [0.25, 0.3) is 0 Å². The molecule has 2 aromatic rings. The summed E-state index contributed by atoms with van der Waals surface area (Å²) in [6, 6.07) is 8.11. The number of aromatic nitrogens is 3. The van der Waals surface area contributed by atoms with Crippen LogP contribution in [0.5, 0.6) is 0 Å². The van der Waals surface area contributed by atoms with Gasteiger partial charge in [-0.05, 0) is 25.5 Å². The minimum Gasteiger partial charge on any atom is -0.220 e. The molecular formula is C10H11N3. The van der Waals surface area contributed by atoms with Gasteiger partial charge in [-0.25, -0.2) is 4.68 Å². The molecule has 2 rings (SSSR count). The molecule has 3 nitrogen and oxygen atoms in total. The molecule has 1 aromatic heterocycles. The molecular weight excluding hydrogens is 162 g/mol. The molecule has 66 valence electrons. The third kappa shape index (κ3) is 1.45. The maximum absolute atomic E-state index is 4.01. The molecule has 0 unspecified atom stereocenters. The highest BCUT2D eigenvalue weighted by atomic mass is 15.4. The first-order chi connectivity index (χ1) is 6.27. The van der Waals surface area contributed by atoms with E-state index < -0.39 is 0 Å². The van der Waals surface area contributed by atoms with Gasteiger partial charge in [-0.2, -0.15) is 0 Å². The van der Waals surface area contributed by atoms with E-state index in [1.54, 1.807) is 4.68 Å². The highest BCUT2D eigenvalue weighted by Crippen LogP contribution is 2.11. The molecule has 0 atom stereocenters. The van der Waals surface area contributed by atoms with Crippen molar-refractivity contribution in [1.82, 2.24) is 15.0 Å². The standard InChI is InChI=1S/C10H11N3/c1-8-5-3-4-6-10(8)13-7-9(2)11-12-13/h3-7H,1-2H3. The fourth-order valence-electron chi connectivity index (χ4n) is 1.29. The van der Waals surface area contributed by atoms with Gasteiger partial charge in [-0.3, -0.25) is 0 Å². The lowest BCUT2D eigenvalue weighted by Crippen LogP contribution is -1.96. The Kier molecular flexibility index (Phi) is 1.85. The van der Waals surface area contributed by atoms with E-state index in [9.17, 15) is 0 Å². The van der Waals surface area contributed by atoms with E-state index >= 15 is 0 Å². The Morgan fingerprint density at radius 1 is 1.15 bits per heavy atom. The molecule has 1 heterocycles. The number of para-hydroxylation sites is 1. The van der Waals surface area contributed by atoms with Crippen LogP contribution >= 0.6 is 0 Å². The van der Waals surface area contributed by atoms with Crippen LogP contribution in [-0.2, 0) is 0 Å².